The van der Waals surface area contributed by atoms with Crippen LogP contribution in [0.4, 0.5) is 0 Å². The molecular formula is C20H37NO3S. The lowest BCUT2D eigenvalue weighted by atomic mass is 10.1. The highest BCUT2D eigenvalue weighted by molar-refractivity contribution is 7.85. The van der Waals surface area contributed by atoms with E-state index in [4.69, 9.17) is 0 Å². The lowest BCUT2D eigenvalue weighted by Crippen LogP contribution is -2.50. The monoisotopic (exact) mass is 371 g/mol. The summed E-state index contributed by atoms with van der Waals surface area (Å²) in [5, 5.41) is 0. The van der Waals surface area contributed by atoms with Gasteiger partial charge in [0.2, 0.25) is 0 Å². The molecule has 25 heavy (non-hydrogen) atoms. The molecule has 0 aromatic heterocycles. The third-order valence-corrected chi connectivity index (χ3v) is 4.58. The number of quaternary nitrogens is 1. The second kappa shape index (κ2) is 10.3. The third-order valence-electron chi connectivity index (χ3n) is 3.73. The van der Waals surface area contributed by atoms with Crippen molar-refractivity contribution in [1.82, 2.24) is 0 Å². The SMILES string of the molecule is CC(C)C[N+](C)(CC(C)C)CC(C)C.Cc1ccc(S(=O)(=O)[O-])cc1. The highest BCUT2D eigenvalue weighted by Gasteiger charge is 2.25. The Kier molecular flexibility index (Phi) is 9.92. The highest BCUT2D eigenvalue weighted by Crippen LogP contribution is 2.15. The Morgan fingerprint density at radius 3 is 1.40 bits per heavy atom. The van der Waals surface area contributed by atoms with Crippen LogP contribution in [0.1, 0.15) is 47.1 Å². The molecule has 0 heterocycles. The summed E-state index contributed by atoms with van der Waals surface area (Å²) in [4.78, 5) is -0.178. The first-order valence-electron chi connectivity index (χ1n) is 9.11. The molecule has 1 rings (SSSR count). The molecule has 0 unspecified atom stereocenters. The van der Waals surface area contributed by atoms with Gasteiger partial charge in [-0.15, -0.1) is 0 Å². The fourth-order valence-electron chi connectivity index (χ4n) is 3.57. The summed E-state index contributed by atoms with van der Waals surface area (Å²) in [6, 6.07) is 5.78. The predicted molar refractivity (Wildman–Crippen MR) is 104 cm³/mol. The second-order valence-electron chi connectivity index (χ2n) is 8.62. The van der Waals surface area contributed by atoms with Crippen LogP contribution in [0.15, 0.2) is 29.2 Å². The zero-order chi connectivity index (χ0) is 19.8. The van der Waals surface area contributed by atoms with Gasteiger partial charge in [0, 0.05) is 17.8 Å². The molecule has 0 saturated carbocycles. The summed E-state index contributed by atoms with van der Waals surface area (Å²) >= 11 is 0. The van der Waals surface area contributed by atoms with Crippen LogP contribution in [0.25, 0.3) is 0 Å². The van der Waals surface area contributed by atoms with Gasteiger partial charge in [-0.3, -0.25) is 0 Å². The summed E-state index contributed by atoms with van der Waals surface area (Å²) in [6.45, 7) is 19.8. The van der Waals surface area contributed by atoms with Crippen LogP contribution < -0.4 is 0 Å². The van der Waals surface area contributed by atoms with E-state index in [-0.39, 0.29) is 4.90 Å². The van der Waals surface area contributed by atoms with Crippen LogP contribution in [0, 0.1) is 24.7 Å². The second-order valence-corrected chi connectivity index (χ2v) is 10.00. The van der Waals surface area contributed by atoms with Crippen molar-refractivity contribution in [3.63, 3.8) is 0 Å². The fraction of sp³-hybridized carbons (Fsp3) is 0.700. The average Bonchev–Trinajstić information content (AvgIpc) is 2.34. The van der Waals surface area contributed by atoms with E-state index in [0.717, 1.165) is 23.3 Å². The van der Waals surface area contributed by atoms with E-state index in [9.17, 15) is 13.0 Å². The zero-order valence-electron chi connectivity index (χ0n) is 17.2. The van der Waals surface area contributed by atoms with E-state index in [1.165, 1.54) is 36.3 Å². The van der Waals surface area contributed by atoms with Crippen molar-refractivity contribution < 1.29 is 17.5 Å². The summed E-state index contributed by atoms with van der Waals surface area (Å²) in [5.41, 5.74) is 0.928. The van der Waals surface area contributed by atoms with Crippen molar-refractivity contribution in [1.29, 1.82) is 0 Å². The Hall–Kier alpha value is -0.910. The Morgan fingerprint density at radius 2 is 1.16 bits per heavy atom. The molecule has 0 atom stereocenters. The van der Waals surface area contributed by atoms with E-state index < -0.39 is 10.1 Å². The molecule has 4 nitrogen and oxygen atoms in total. The van der Waals surface area contributed by atoms with Gasteiger partial charge in [0.05, 0.1) is 31.6 Å². The predicted octanol–water partition coefficient (Wildman–Crippen LogP) is 4.30. The topological polar surface area (TPSA) is 57.2 Å². The van der Waals surface area contributed by atoms with Gasteiger partial charge in [0.1, 0.15) is 10.1 Å². The minimum Gasteiger partial charge on any atom is -0.744 e. The molecule has 0 radical (unpaired) electrons. The summed E-state index contributed by atoms with van der Waals surface area (Å²) in [5.74, 6) is 2.41. The molecule has 5 heteroatoms. The van der Waals surface area contributed by atoms with Crippen LogP contribution in [0.2, 0.25) is 0 Å². The molecule has 0 aliphatic carbocycles. The molecule has 0 saturated heterocycles. The van der Waals surface area contributed by atoms with Crippen molar-refractivity contribution >= 4 is 10.1 Å². The number of benzene rings is 1. The number of aryl methyl sites for hydroxylation is 1. The first-order valence-corrected chi connectivity index (χ1v) is 10.5. The molecule has 0 bridgehead atoms. The smallest absolute Gasteiger partial charge is 0.124 e. The zero-order valence-corrected chi connectivity index (χ0v) is 18.1. The Labute approximate surface area is 155 Å². The summed E-state index contributed by atoms with van der Waals surface area (Å²) < 4.78 is 32.4. The largest absolute Gasteiger partial charge is 0.744 e. The van der Waals surface area contributed by atoms with Crippen molar-refractivity contribution in [3.8, 4) is 0 Å². The maximum Gasteiger partial charge on any atom is 0.124 e. The van der Waals surface area contributed by atoms with Gasteiger partial charge in [-0.2, -0.15) is 0 Å². The van der Waals surface area contributed by atoms with E-state index in [1.54, 1.807) is 12.1 Å². The number of hydrogen-bond donors (Lipinski definition) is 0. The minimum atomic E-state index is -4.27. The van der Waals surface area contributed by atoms with Crippen LogP contribution in [0.5, 0.6) is 0 Å². The van der Waals surface area contributed by atoms with Crippen LogP contribution in [0.3, 0.4) is 0 Å². The lowest BCUT2D eigenvalue weighted by Gasteiger charge is -2.39. The molecule has 1 aromatic carbocycles. The van der Waals surface area contributed by atoms with Gasteiger partial charge < -0.3 is 9.04 Å². The highest BCUT2D eigenvalue weighted by atomic mass is 32.2. The normalized spacial score (nSPS) is 12.5. The molecule has 0 spiro atoms. The molecule has 0 fully saturated rings. The maximum atomic E-state index is 10.4. The van der Waals surface area contributed by atoms with Gasteiger partial charge in [0.25, 0.3) is 0 Å². The number of rotatable bonds is 7. The van der Waals surface area contributed by atoms with Gasteiger partial charge in [-0.05, 0) is 19.1 Å². The van der Waals surface area contributed by atoms with Crippen LogP contribution >= 0.6 is 0 Å². The van der Waals surface area contributed by atoms with Crippen molar-refractivity contribution in [3.05, 3.63) is 29.8 Å². The summed E-state index contributed by atoms with van der Waals surface area (Å²) in [6.07, 6.45) is 0. The first-order chi connectivity index (χ1) is 11.2. The number of nitrogens with zero attached hydrogens (tertiary/aromatic N) is 1. The molecule has 0 amide bonds. The van der Waals surface area contributed by atoms with Crippen molar-refractivity contribution in [2.24, 2.45) is 17.8 Å². The Morgan fingerprint density at radius 1 is 0.840 bits per heavy atom. The summed E-state index contributed by atoms with van der Waals surface area (Å²) in [7, 11) is -1.85. The average molecular weight is 372 g/mol. The van der Waals surface area contributed by atoms with Crippen LogP contribution in [-0.4, -0.2) is 44.1 Å². The van der Waals surface area contributed by atoms with Crippen molar-refractivity contribution in [2.45, 2.75) is 53.4 Å². The van der Waals surface area contributed by atoms with Gasteiger partial charge in [0.15, 0.2) is 0 Å². The molecular weight excluding hydrogens is 334 g/mol. The quantitative estimate of drug-likeness (QED) is 0.530. The molecule has 0 aliphatic heterocycles. The standard InChI is InChI=1S/C13H30N.C7H8O3S/c1-11(2)8-14(7,9-12(3)4)10-13(5)6;1-6-2-4-7(5-3-6)11(8,9)10/h11-13H,8-10H2,1-7H3;2-5H,1H3,(H,8,9,10)/q+1;/p-1. The van der Waals surface area contributed by atoms with E-state index in [1.807, 2.05) is 6.92 Å². The van der Waals surface area contributed by atoms with Gasteiger partial charge in [-0.25, -0.2) is 8.42 Å². The third kappa shape index (κ3) is 11.3. The van der Waals surface area contributed by atoms with E-state index >= 15 is 0 Å². The van der Waals surface area contributed by atoms with E-state index in [0.29, 0.717) is 0 Å². The Balaban J connectivity index is 0.000000472. The van der Waals surface area contributed by atoms with Crippen molar-refractivity contribution in [2.75, 3.05) is 26.7 Å². The lowest BCUT2D eigenvalue weighted by molar-refractivity contribution is -0.917. The molecule has 0 aliphatic rings. The maximum absolute atomic E-state index is 10.4. The molecule has 0 N–H and O–H groups in total. The Bertz CT molecular complexity index is 563. The number of hydrogen-bond acceptors (Lipinski definition) is 3. The molecule has 146 valence electrons. The van der Waals surface area contributed by atoms with Gasteiger partial charge >= 0.3 is 0 Å². The minimum absolute atomic E-state index is 0.178. The van der Waals surface area contributed by atoms with Gasteiger partial charge in [-0.1, -0.05) is 59.2 Å². The first kappa shape index (κ1) is 24.1. The molecule has 1 aromatic rings. The fourth-order valence-corrected chi connectivity index (χ4v) is 4.04. The van der Waals surface area contributed by atoms with E-state index in [2.05, 4.69) is 48.6 Å². The van der Waals surface area contributed by atoms with Crippen LogP contribution in [-0.2, 0) is 10.1 Å².